The zero-order valence-electron chi connectivity index (χ0n) is 22.5. The highest BCUT2D eigenvalue weighted by Gasteiger charge is 2.52. The molecule has 8 heteroatoms. The maximum Gasteiger partial charge on any atom is 0.325 e. The Bertz CT molecular complexity index is 1500. The maximum atomic E-state index is 13.4. The zero-order chi connectivity index (χ0) is 27.1. The van der Waals surface area contributed by atoms with Gasteiger partial charge in [-0.15, -0.1) is 0 Å². The highest BCUT2D eigenvalue weighted by Crippen LogP contribution is 2.40. The number of hydrogen-bond donors (Lipinski definition) is 1. The van der Waals surface area contributed by atoms with Gasteiger partial charge in [0.2, 0.25) is 0 Å². The lowest BCUT2D eigenvalue weighted by Crippen LogP contribution is -2.51. The molecule has 40 heavy (non-hydrogen) atoms. The molecule has 1 N–H and O–H groups in total. The number of urea groups is 1. The van der Waals surface area contributed by atoms with Crippen LogP contribution >= 0.6 is 11.8 Å². The molecule has 7 rings (SSSR count). The van der Waals surface area contributed by atoms with Crippen molar-refractivity contribution in [3.05, 3.63) is 89.5 Å². The number of aryl methyl sites for hydroxylation is 1. The first-order valence-corrected chi connectivity index (χ1v) is 15.0. The van der Waals surface area contributed by atoms with Gasteiger partial charge in [0, 0.05) is 54.5 Å². The lowest BCUT2D eigenvalue weighted by atomic mass is 9.78. The SMILES string of the molecule is O=C1NC2(CCc3ccccc3C2)C(=O)N1CCCN1CCN(C2=Nc3ccccc3Sc3ccccc32)CC1. The smallest absolute Gasteiger partial charge is 0.325 e. The average molecular weight is 552 g/mol. The van der Waals surface area contributed by atoms with Crippen LogP contribution in [0.2, 0.25) is 0 Å². The summed E-state index contributed by atoms with van der Waals surface area (Å²) in [5.41, 5.74) is 3.90. The molecule has 1 aliphatic carbocycles. The molecular formula is C32H33N5O2S. The summed E-state index contributed by atoms with van der Waals surface area (Å²) >= 11 is 1.78. The number of amides is 3. The summed E-state index contributed by atoms with van der Waals surface area (Å²) in [5, 5.41) is 3.06. The monoisotopic (exact) mass is 551 g/mol. The third-order valence-corrected chi connectivity index (χ3v) is 9.79. The van der Waals surface area contributed by atoms with Gasteiger partial charge >= 0.3 is 6.03 Å². The van der Waals surface area contributed by atoms with E-state index in [0.717, 1.165) is 57.1 Å². The second-order valence-corrected chi connectivity index (χ2v) is 12.2. The van der Waals surface area contributed by atoms with Crippen LogP contribution in [0.4, 0.5) is 10.5 Å². The standard InChI is InChI=1S/C32H33N5O2S/c38-30-32(15-14-23-8-1-2-9-24(23)22-32)34-31(39)37(30)17-7-16-35-18-20-36(21-19-35)29-25-10-3-5-12-27(25)40-28-13-6-4-11-26(28)33-29/h1-6,8-13H,7,14-22H2,(H,34,39). The Kier molecular flexibility index (Phi) is 6.60. The molecule has 3 amide bonds. The van der Waals surface area contributed by atoms with Crippen molar-refractivity contribution in [2.24, 2.45) is 4.99 Å². The molecule has 1 unspecified atom stereocenters. The number of aliphatic imine (C=N–C) groups is 1. The Balaban J connectivity index is 0.964. The van der Waals surface area contributed by atoms with E-state index in [0.29, 0.717) is 19.4 Å². The van der Waals surface area contributed by atoms with Crippen molar-refractivity contribution >= 4 is 35.2 Å². The fourth-order valence-corrected chi connectivity index (χ4v) is 7.47. The normalized spacial score (nSPS) is 22.4. The molecule has 0 radical (unpaired) electrons. The van der Waals surface area contributed by atoms with Crippen LogP contribution in [0, 0.1) is 0 Å². The third kappa shape index (κ3) is 4.59. The van der Waals surface area contributed by atoms with E-state index in [-0.39, 0.29) is 11.9 Å². The maximum absolute atomic E-state index is 13.4. The molecule has 7 nitrogen and oxygen atoms in total. The van der Waals surface area contributed by atoms with E-state index in [2.05, 4.69) is 75.8 Å². The predicted molar refractivity (Wildman–Crippen MR) is 157 cm³/mol. The van der Waals surface area contributed by atoms with Crippen molar-refractivity contribution in [3.8, 4) is 0 Å². The number of carbonyl (C=O) groups is 2. The van der Waals surface area contributed by atoms with E-state index in [1.54, 1.807) is 11.8 Å². The van der Waals surface area contributed by atoms with E-state index < -0.39 is 5.54 Å². The summed E-state index contributed by atoms with van der Waals surface area (Å²) in [6.07, 6.45) is 2.85. The lowest BCUT2D eigenvalue weighted by molar-refractivity contribution is -0.131. The molecule has 4 aliphatic rings. The van der Waals surface area contributed by atoms with E-state index in [1.165, 1.54) is 31.4 Å². The fourth-order valence-electron chi connectivity index (χ4n) is 6.45. The largest absolute Gasteiger partial charge is 0.354 e. The van der Waals surface area contributed by atoms with E-state index in [4.69, 9.17) is 4.99 Å². The Morgan fingerprint density at radius 3 is 2.40 bits per heavy atom. The van der Waals surface area contributed by atoms with Crippen LogP contribution in [-0.4, -0.2) is 77.3 Å². The number of piperazine rings is 1. The van der Waals surface area contributed by atoms with Gasteiger partial charge in [-0.05, 0) is 55.1 Å². The van der Waals surface area contributed by atoms with Gasteiger partial charge in [0.15, 0.2) is 0 Å². The quantitative estimate of drug-likeness (QED) is 0.476. The van der Waals surface area contributed by atoms with Gasteiger partial charge in [0.25, 0.3) is 5.91 Å². The number of nitrogens with one attached hydrogen (secondary N) is 1. The van der Waals surface area contributed by atoms with Crippen LogP contribution < -0.4 is 5.32 Å². The lowest BCUT2D eigenvalue weighted by Gasteiger charge is -2.37. The van der Waals surface area contributed by atoms with E-state index in [1.807, 2.05) is 12.1 Å². The molecule has 2 fully saturated rings. The van der Waals surface area contributed by atoms with Crippen LogP contribution in [-0.2, 0) is 17.6 Å². The third-order valence-electron chi connectivity index (χ3n) is 8.65. The summed E-state index contributed by atoms with van der Waals surface area (Å²) in [6.45, 7) is 4.97. The van der Waals surface area contributed by atoms with Gasteiger partial charge < -0.3 is 10.2 Å². The molecular weight excluding hydrogens is 518 g/mol. The molecule has 3 heterocycles. The molecule has 204 valence electrons. The first kappa shape index (κ1) is 25.4. The predicted octanol–water partition coefficient (Wildman–Crippen LogP) is 4.72. The van der Waals surface area contributed by atoms with Gasteiger partial charge in [-0.2, -0.15) is 0 Å². The summed E-state index contributed by atoms with van der Waals surface area (Å²) in [5.74, 6) is 0.992. The summed E-state index contributed by atoms with van der Waals surface area (Å²) in [4.78, 5) is 40.1. The zero-order valence-corrected chi connectivity index (χ0v) is 23.3. The molecule has 3 aromatic rings. The van der Waals surface area contributed by atoms with Crippen molar-refractivity contribution in [3.63, 3.8) is 0 Å². The number of benzene rings is 3. The number of amidine groups is 1. The number of rotatable bonds is 4. The van der Waals surface area contributed by atoms with Gasteiger partial charge in [-0.1, -0.05) is 66.4 Å². The molecule has 1 spiro atoms. The topological polar surface area (TPSA) is 68.2 Å². The Morgan fingerprint density at radius 1 is 0.825 bits per heavy atom. The average Bonchev–Trinajstić information content (AvgIpc) is 3.11. The van der Waals surface area contributed by atoms with Gasteiger partial charge in [-0.3, -0.25) is 14.6 Å². The molecule has 0 aromatic heterocycles. The highest BCUT2D eigenvalue weighted by molar-refractivity contribution is 7.99. The Labute approximate surface area is 239 Å². The summed E-state index contributed by atoms with van der Waals surface area (Å²) < 4.78 is 0. The Morgan fingerprint density at radius 2 is 1.55 bits per heavy atom. The second-order valence-electron chi connectivity index (χ2n) is 11.1. The minimum absolute atomic E-state index is 0.0555. The van der Waals surface area contributed by atoms with Crippen LogP contribution in [0.15, 0.2) is 87.6 Å². The number of carbonyl (C=O) groups excluding carboxylic acids is 2. The Hall–Kier alpha value is -3.62. The number of imide groups is 1. The van der Waals surface area contributed by atoms with Crippen molar-refractivity contribution in [2.75, 3.05) is 39.3 Å². The molecule has 3 aromatic carbocycles. The van der Waals surface area contributed by atoms with Crippen LogP contribution in [0.3, 0.4) is 0 Å². The molecule has 1 atom stereocenters. The van der Waals surface area contributed by atoms with Crippen molar-refractivity contribution < 1.29 is 9.59 Å². The van der Waals surface area contributed by atoms with Crippen molar-refractivity contribution in [1.29, 1.82) is 0 Å². The van der Waals surface area contributed by atoms with Gasteiger partial charge in [-0.25, -0.2) is 9.79 Å². The van der Waals surface area contributed by atoms with Crippen molar-refractivity contribution in [2.45, 2.75) is 41.0 Å². The summed E-state index contributed by atoms with van der Waals surface area (Å²) in [7, 11) is 0. The molecule has 2 saturated heterocycles. The number of nitrogens with zero attached hydrogens (tertiary/aromatic N) is 4. The first-order valence-electron chi connectivity index (χ1n) is 14.2. The summed E-state index contributed by atoms with van der Waals surface area (Å²) in [6, 6.07) is 24.9. The number of para-hydroxylation sites is 1. The van der Waals surface area contributed by atoms with Crippen LogP contribution in [0.25, 0.3) is 0 Å². The van der Waals surface area contributed by atoms with Crippen molar-refractivity contribution in [1.82, 2.24) is 20.0 Å². The minimum atomic E-state index is -0.774. The highest BCUT2D eigenvalue weighted by atomic mass is 32.2. The van der Waals surface area contributed by atoms with Crippen LogP contribution in [0.1, 0.15) is 29.5 Å². The van der Waals surface area contributed by atoms with E-state index in [9.17, 15) is 9.59 Å². The number of hydrogen-bond acceptors (Lipinski definition) is 6. The van der Waals surface area contributed by atoms with Crippen LogP contribution in [0.5, 0.6) is 0 Å². The molecule has 0 saturated carbocycles. The molecule has 3 aliphatic heterocycles. The fraction of sp³-hybridized carbons (Fsp3) is 0.344. The second kappa shape index (κ2) is 10.4. The van der Waals surface area contributed by atoms with Gasteiger partial charge in [0.1, 0.15) is 11.4 Å². The number of fused-ring (bicyclic) bond motifs is 3. The molecule has 0 bridgehead atoms. The minimum Gasteiger partial charge on any atom is -0.354 e. The first-order chi connectivity index (χ1) is 19.6. The van der Waals surface area contributed by atoms with Gasteiger partial charge in [0.05, 0.1) is 5.69 Å². The van der Waals surface area contributed by atoms with E-state index >= 15 is 0 Å².